The summed E-state index contributed by atoms with van der Waals surface area (Å²) in [6, 6.07) is 0. The Morgan fingerprint density at radius 2 is 1.40 bits per heavy atom. The van der Waals surface area contributed by atoms with Gasteiger partial charge in [-0.3, -0.25) is 0 Å². The summed E-state index contributed by atoms with van der Waals surface area (Å²) in [6.45, 7) is 7.00. The van der Waals surface area contributed by atoms with Gasteiger partial charge < -0.3 is 5.11 Å². The Morgan fingerprint density at radius 1 is 0.900 bits per heavy atom. The predicted molar refractivity (Wildman–Crippen MR) is 91.5 cm³/mol. The van der Waals surface area contributed by atoms with E-state index >= 15 is 0 Å². The summed E-state index contributed by atoms with van der Waals surface area (Å²) in [6.07, 6.45) is 14.8. The van der Waals surface area contributed by atoms with Gasteiger partial charge in [-0.1, -0.05) is 12.5 Å². The number of hydrogen-bond acceptors (Lipinski definition) is 1. The van der Waals surface area contributed by atoms with E-state index in [-0.39, 0.29) is 0 Å². The SMILES string of the molecule is CCC[CH2][Sn+]([CH2]CCC)[CH2]CCC.[O-]C1=CCCCC1. The van der Waals surface area contributed by atoms with Crippen molar-refractivity contribution >= 4 is 19.8 Å². The molecule has 0 aliphatic heterocycles. The van der Waals surface area contributed by atoms with Crippen molar-refractivity contribution in [3.8, 4) is 0 Å². The fourth-order valence-electron chi connectivity index (χ4n) is 2.46. The smallest absolute Gasteiger partial charge is 0.0357 e. The second-order valence-corrected chi connectivity index (χ2v) is 14.5. The van der Waals surface area contributed by atoms with Gasteiger partial charge in [0.15, 0.2) is 0 Å². The van der Waals surface area contributed by atoms with Crippen LogP contribution >= 0.6 is 0 Å². The Labute approximate surface area is 135 Å². The average Bonchev–Trinajstić information content (AvgIpc) is 2.48. The molecule has 2 heteroatoms. The molecule has 0 bridgehead atoms. The van der Waals surface area contributed by atoms with E-state index in [2.05, 4.69) is 20.8 Å². The molecule has 0 aromatic carbocycles. The summed E-state index contributed by atoms with van der Waals surface area (Å²) in [5.74, 6) is 0.339. The van der Waals surface area contributed by atoms with E-state index in [1.54, 1.807) is 19.4 Å². The second-order valence-electron chi connectivity index (χ2n) is 5.98. The molecule has 0 aromatic heterocycles. The Morgan fingerprint density at radius 3 is 1.65 bits per heavy atom. The minimum absolute atomic E-state index is 0.339. The van der Waals surface area contributed by atoms with Crippen LogP contribution in [0.15, 0.2) is 11.8 Å². The molecule has 1 aliphatic rings. The molecule has 1 nitrogen and oxygen atoms in total. The third-order valence-electron chi connectivity index (χ3n) is 3.90. The van der Waals surface area contributed by atoms with Crippen LogP contribution in [0.25, 0.3) is 0 Å². The topological polar surface area (TPSA) is 23.1 Å². The summed E-state index contributed by atoms with van der Waals surface area (Å²) in [7, 11) is 0. The zero-order valence-corrected chi connectivity index (χ0v) is 17.0. The Bertz CT molecular complexity index is 206. The van der Waals surface area contributed by atoms with Gasteiger partial charge in [0.1, 0.15) is 0 Å². The van der Waals surface area contributed by atoms with Crippen LogP contribution in [-0.4, -0.2) is 19.8 Å². The molecule has 0 saturated heterocycles. The van der Waals surface area contributed by atoms with Gasteiger partial charge in [0, 0.05) is 0 Å². The molecule has 0 radical (unpaired) electrons. The number of unbranched alkanes of at least 4 members (excludes halogenated alkanes) is 3. The fraction of sp³-hybridized carbons (Fsp3) is 0.889. The molecule has 20 heavy (non-hydrogen) atoms. The number of rotatable bonds is 9. The van der Waals surface area contributed by atoms with Crippen LogP contribution in [0.5, 0.6) is 0 Å². The molecule has 0 saturated carbocycles. The Hall–Kier alpha value is 0.339. The van der Waals surface area contributed by atoms with E-state index in [0.717, 1.165) is 19.3 Å². The van der Waals surface area contributed by atoms with Crippen LogP contribution in [0.3, 0.4) is 0 Å². The van der Waals surface area contributed by atoms with Gasteiger partial charge in [-0.2, -0.15) is 0 Å². The normalized spacial score (nSPS) is 14.2. The predicted octanol–water partition coefficient (Wildman–Crippen LogP) is 5.69. The van der Waals surface area contributed by atoms with Crippen molar-refractivity contribution < 1.29 is 5.11 Å². The molecule has 0 fully saturated rings. The van der Waals surface area contributed by atoms with E-state index in [4.69, 9.17) is 0 Å². The van der Waals surface area contributed by atoms with Crippen molar-refractivity contribution in [2.24, 2.45) is 0 Å². The molecular formula is C18H36OSn. The minimum Gasteiger partial charge on any atom is -0.876 e. The van der Waals surface area contributed by atoms with Crippen molar-refractivity contribution in [2.45, 2.75) is 98.3 Å². The molecule has 0 N–H and O–H groups in total. The van der Waals surface area contributed by atoms with Crippen molar-refractivity contribution in [3.05, 3.63) is 11.8 Å². The summed E-state index contributed by atoms with van der Waals surface area (Å²) in [4.78, 5) is 0. The van der Waals surface area contributed by atoms with Gasteiger partial charge in [-0.15, -0.1) is 5.76 Å². The van der Waals surface area contributed by atoms with Gasteiger partial charge in [0.05, 0.1) is 0 Å². The van der Waals surface area contributed by atoms with Crippen LogP contribution < -0.4 is 5.11 Å². The van der Waals surface area contributed by atoms with Crippen molar-refractivity contribution in [2.75, 3.05) is 0 Å². The molecule has 0 heterocycles. The van der Waals surface area contributed by atoms with Crippen LogP contribution in [0.4, 0.5) is 0 Å². The average molecular weight is 387 g/mol. The standard InChI is InChI=1S/C6H10O.3C4H9.Sn/c7-6-4-2-1-3-5-6;3*1-3-4-2;/h4,7H,1-3,5H2;3*1,3-4H2,2H3;/q;;;;+1/p-1. The minimum atomic E-state index is -0.839. The first kappa shape index (κ1) is 20.3. The fourth-order valence-corrected chi connectivity index (χ4v) is 11.9. The Balaban J connectivity index is 0.000000428. The molecule has 0 atom stereocenters. The van der Waals surface area contributed by atoms with E-state index in [9.17, 15) is 5.11 Å². The molecule has 1 rings (SSSR count). The van der Waals surface area contributed by atoms with E-state index < -0.39 is 19.8 Å². The third-order valence-corrected chi connectivity index (χ3v) is 13.0. The summed E-state index contributed by atoms with van der Waals surface area (Å²) in [5.41, 5.74) is 0. The van der Waals surface area contributed by atoms with Crippen LogP contribution in [0, 0.1) is 0 Å². The Kier molecular flexibility index (Phi) is 16.0. The second kappa shape index (κ2) is 15.7. The van der Waals surface area contributed by atoms with Gasteiger partial charge in [-0.25, -0.2) is 0 Å². The number of hydrogen-bond donors (Lipinski definition) is 0. The largest absolute Gasteiger partial charge is 0.876 e. The maximum atomic E-state index is 10.4. The monoisotopic (exact) mass is 388 g/mol. The first-order chi connectivity index (χ1) is 9.74. The maximum absolute atomic E-state index is 10.4. The first-order valence-corrected chi connectivity index (χ1v) is 15.0. The summed E-state index contributed by atoms with van der Waals surface area (Å²) in [5, 5.41) is 10.4. The van der Waals surface area contributed by atoms with E-state index in [1.807, 2.05) is 0 Å². The third kappa shape index (κ3) is 13.3. The van der Waals surface area contributed by atoms with Crippen molar-refractivity contribution in [3.63, 3.8) is 0 Å². The van der Waals surface area contributed by atoms with E-state index in [0.29, 0.717) is 5.76 Å². The van der Waals surface area contributed by atoms with Crippen LogP contribution in [0.1, 0.15) is 85.0 Å². The van der Waals surface area contributed by atoms with Crippen molar-refractivity contribution in [1.82, 2.24) is 0 Å². The van der Waals surface area contributed by atoms with E-state index in [1.165, 1.54) is 44.9 Å². The summed E-state index contributed by atoms with van der Waals surface area (Å²) < 4.78 is 5.04. The first-order valence-electron chi connectivity index (χ1n) is 8.94. The zero-order chi connectivity index (χ0) is 15.1. The molecule has 0 aromatic rings. The van der Waals surface area contributed by atoms with Gasteiger partial charge in [0.25, 0.3) is 0 Å². The summed E-state index contributed by atoms with van der Waals surface area (Å²) >= 11 is -0.839. The molecule has 0 amide bonds. The van der Waals surface area contributed by atoms with Gasteiger partial charge >= 0.3 is 92.4 Å². The molecule has 0 spiro atoms. The quantitative estimate of drug-likeness (QED) is 0.467. The zero-order valence-electron chi connectivity index (χ0n) is 14.2. The molecular weight excluding hydrogens is 351 g/mol. The molecule has 1 aliphatic carbocycles. The maximum Gasteiger partial charge on any atom is -0.0357 e. The molecule has 118 valence electrons. The van der Waals surface area contributed by atoms with Crippen molar-refractivity contribution in [1.29, 1.82) is 0 Å². The van der Waals surface area contributed by atoms with Crippen LogP contribution in [0.2, 0.25) is 13.3 Å². The van der Waals surface area contributed by atoms with Gasteiger partial charge in [-0.05, 0) is 19.3 Å². The molecule has 0 unspecified atom stereocenters. The van der Waals surface area contributed by atoms with Gasteiger partial charge in [0.2, 0.25) is 0 Å². The van der Waals surface area contributed by atoms with Crippen LogP contribution in [-0.2, 0) is 0 Å². The number of allylic oxidation sites excluding steroid dienone is 2.